The molecule has 0 unspecified atom stereocenters. The molecule has 0 saturated carbocycles. The van der Waals surface area contributed by atoms with Gasteiger partial charge >= 0.3 is 0 Å². The molecule has 2 aliphatic rings. The molecule has 0 spiro atoms. The molecule has 0 aliphatic carbocycles. The topological polar surface area (TPSA) is 74.4 Å². The summed E-state index contributed by atoms with van der Waals surface area (Å²) in [6.45, 7) is 6.91. The highest BCUT2D eigenvalue weighted by Crippen LogP contribution is 2.31. The zero-order valence-electron chi connectivity index (χ0n) is 17.2. The molecule has 0 aromatic heterocycles. The normalized spacial score (nSPS) is 17.4. The maximum absolute atomic E-state index is 12.9. The van der Waals surface area contributed by atoms with Crippen molar-refractivity contribution in [2.24, 2.45) is 0 Å². The lowest BCUT2D eigenvalue weighted by molar-refractivity contribution is -0.132. The van der Waals surface area contributed by atoms with E-state index < -0.39 is 0 Å². The summed E-state index contributed by atoms with van der Waals surface area (Å²) in [5, 5.41) is 3.26. The van der Waals surface area contributed by atoms with E-state index in [0.717, 1.165) is 45.8 Å². The molecule has 1 N–H and O–H groups in total. The van der Waals surface area contributed by atoms with Crippen LogP contribution in [0.5, 0.6) is 11.5 Å². The summed E-state index contributed by atoms with van der Waals surface area (Å²) in [6.07, 6.45) is 0.539. The highest BCUT2D eigenvalue weighted by molar-refractivity contribution is 5.98. The highest BCUT2D eigenvalue weighted by Gasteiger charge is 2.26. The van der Waals surface area contributed by atoms with Crippen molar-refractivity contribution in [3.8, 4) is 11.5 Å². The minimum absolute atomic E-state index is 0. The van der Waals surface area contributed by atoms with Gasteiger partial charge in [-0.25, -0.2) is 0 Å². The van der Waals surface area contributed by atoms with Crippen LogP contribution in [0.1, 0.15) is 16.8 Å². The van der Waals surface area contributed by atoms with Crippen molar-refractivity contribution in [2.45, 2.75) is 6.42 Å². The number of piperazine rings is 2. The molecule has 2 heterocycles. The number of hydrogen-bond acceptors (Lipinski definition) is 6. The second kappa shape index (κ2) is 11.2. The zero-order chi connectivity index (χ0) is 19.9. The third-order valence-corrected chi connectivity index (χ3v) is 5.40. The van der Waals surface area contributed by atoms with E-state index in [4.69, 9.17) is 9.47 Å². The quantitative estimate of drug-likeness (QED) is 0.722. The fourth-order valence-electron chi connectivity index (χ4n) is 3.73. The summed E-state index contributed by atoms with van der Waals surface area (Å²) in [6, 6.07) is 5.34. The minimum Gasteiger partial charge on any atom is -0.493 e. The first-order valence-corrected chi connectivity index (χ1v) is 9.85. The first-order valence-electron chi connectivity index (χ1n) is 9.85. The monoisotopic (exact) mass is 426 g/mol. The maximum atomic E-state index is 12.9. The predicted octanol–water partition coefficient (Wildman–Crippen LogP) is 0.705. The average Bonchev–Trinajstić information content (AvgIpc) is 2.77. The molecule has 29 heavy (non-hydrogen) atoms. The Kier molecular flexibility index (Phi) is 9.00. The van der Waals surface area contributed by atoms with Crippen molar-refractivity contribution in [1.29, 1.82) is 0 Å². The van der Waals surface area contributed by atoms with Crippen molar-refractivity contribution in [2.75, 3.05) is 73.1 Å². The van der Waals surface area contributed by atoms with Gasteiger partial charge in [0.1, 0.15) is 0 Å². The van der Waals surface area contributed by atoms with Crippen molar-refractivity contribution in [3.05, 3.63) is 23.8 Å². The van der Waals surface area contributed by atoms with E-state index in [1.165, 1.54) is 0 Å². The Morgan fingerprint density at radius 1 is 0.966 bits per heavy atom. The zero-order valence-corrected chi connectivity index (χ0v) is 18.0. The number of benzene rings is 1. The Hall–Kier alpha value is -2.03. The molecule has 2 amide bonds. The lowest BCUT2D eigenvalue weighted by Gasteiger charge is -2.35. The molecule has 2 fully saturated rings. The molecule has 0 atom stereocenters. The second-order valence-corrected chi connectivity index (χ2v) is 7.06. The van der Waals surface area contributed by atoms with Crippen LogP contribution in [0.4, 0.5) is 0 Å². The SMILES string of the molecule is COc1cccc(C(=O)N2CCN(CCC(=O)N3CCNCC3)CC2)c1OC.Cl. The van der Waals surface area contributed by atoms with Gasteiger partial charge in [-0.05, 0) is 12.1 Å². The molecule has 0 radical (unpaired) electrons. The van der Waals surface area contributed by atoms with Crippen molar-refractivity contribution in [1.82, 2.24) is 20.0 Å². The smallest absolute Gasteiger partial charge is 0.257 e. The standard InChI is InChI=1S/C20H30N4O4.ClH/c1-27-17-5-3-4-16(19(17)28-2)20(26)24-14-12-22(13-15-24)9-6-18(25)23-10-7-21-8-11-23;/h3-5,21H,6-15H2,1-2H3;1H. The van der Waals surface area contributed by atoms with Gasteiger partial charge in [0.15, 0.2) is 11.5 Å². The van der Waals surface area contributed by atoms with Crippen LogP contribution in [0.25, 0.3) is 0 Å². The third-order valence-electron chi connectivity index (χ3n) is 5.40. The first kappa shape index (κ1) is 23.3. The Bertz CT molecular complexity index is 689. The molecule has 1 aromatic carbocycles. The number of ether oxygens (including phenoxy) is 2. The van der Waals surface area contributed by atoms with Gasteiger partial charge in [0.2, 0.25) is 5.91 Å². The number of nitrogens with zero attached hydrogens (tertiary/aromatic N) is 3. The van der Waals surface area contributed by atoms with E-state index in [0.29, 0.717) is 36.6 Å². The van der Waals surface area contributed by atoms with Crippen LogP contribution in [0.3, 0.4) is 0 Å². The fraction of sp³-hybridized carbons (Fsp3) is 0.600. The third kappa shape index (κ3) is 5.74. The van der Waals surface area contributed by atoms with E-state index in [-0.39, 0.29) is 24.2 Å². The van der Waals surface area contributed by atoms with Gasteiger partial charge in [-0.15, -0.1) is 12.4 Å². The number of halogens is 1. The van der Waals surface area contributed by atoms with Gasteiger partial charge < -0.3 is 24.6 Å². The van der Waals surface area contributed by atoms with Gasteiger partial charge in [-0.1, -0.05) is 6.07 Å². The number of nitrogens with one attached hydrogen (secondary N) is 1. The molecule has 0 bridgehead atoms. The first-order chi connectivity index (χ1) is 13.6. The van der Waals surface area contributed by atoms with Crippen LogP contribution in [-0.2, 0) is 4.79 Å². The van der Waals surface area contributed by atoms with Gasteiger partial charge in [0.05, 0.1) is 19.8 Å². The van der Waals surface area contributed by atoms with Gasteiger partial charge in [0.25, 0.3) is 5.91 Å². The van der Waals surface area contributed by atoms with E-state index in [1.54, 1.807) is 32.4 Å². The van der Waals surface area contributed by atoms with Crippen LogP contribution >= 0.6 is 12.4 Å². The highest BCUT2D eigenvalue weighted by atomic mass is 35.5. The van der Waals surface area contributed by atoms with E-state index in [2.05, 4.69) is 10.2 Å². The van der Waals surface area contributed by atoms with Crippen LogP contribution in [0.15, 0.2) is 18.2 Å². The van der Waals surface area contributed by atoms with Gasteiger partial charge in [-0.3, -0.25) is 14.5 Å². The summed E-state index contributed by atoms with van der Waals surface area (Å²) in [7, 11) is 3.11. The minimum atomic E-state index is -0.0488. The average molecular weight is 427 g/mol. The van der Waals surface area contributed by atoms with Gasteiger partial charge in [0, 0.05) is 65.3 Å². The summed E-state index contributed by atoms with van der Waals surface area (Å²) < 4.78 is 10.7. The molecule has 162 valence electrons. The van der Waals surface area contributed by atoms with Crippen molar-refractivity contribution in [3.63, 3.8) is 0 Å². The molecule has 1 aromatic rings. The molecule has 3 rings (SSSR count). The van der Waals surface area contributed by atoms with Crippen molar-refractivity contribution < 1.29 is 19.1 Å². The number of rotatable bonds is 6. The summed E-state index contributed by atoms with van der Waals surface area (Å²) in [5.74, 6) is 1.20. The number of para-hydroxylation sites is 1. The fourth-order valence-corrected chi connectivity index (χ4v) is 3.73. The van der Waals surface area contributed by atoms with Gasteiger partial charge in [-0.2, -0.15) is 0 Å². The van der Waals surface area contributed by atoms with Crippen molar-refractivity contribution >= 4 is 24.2 Å². The molecular weight excluding hydrogens is 396 g/mol. The van der Waals surface area contributed by atoms with E-state index >= 15 is 0 Å². The van der Waals surface area contributed by atoms with Crippen LogP contribution in [-0.4, -0.2) is 99.6 Å². The van der Waals surface area contributed by atoms with E-state index in [1.807, 2.05) is 9.80 Å². The number of amides is 2. The van der Waals surface area contributed by atoms with Crippen LogP contribution < -0.4 is 14.8 Å². The molecule has 2 aliphatic heterocycles. The number of hydrogen-bond donors (Lipinski definition) is 1. The Balaban J connectivity index is 0.00000300. The van der Waals surface area contributed by atoms with Crippen LogP contribution in [0, 0.1) is 0 Å². The molecular formula is C20H31ClN4O4. The van der Waals surface area contributed by atoms with Crippen LogP contribution in [0.2, 0.25) is 0 Å². The Morgan fingerprint density at radius 2 is 1.66 bits per heavy atom. The molecule has 2 saturated heterocycles. The second-order valence-electron chi connectivity index (χ2n) is 7.06. The number of carbonyl (C=O) groups excluding carboxylic acids is 2. The summed E-state index contributed by atoms with van der Waals surface area (Å²) in [5.41, 5.74) is 0.518. The largest absolute Gasteiger partial charge is 0.493 e. The number of carbonyl (C=O) groups is 2. The predicted molar refractivity (Wildman–Crippen MR) is 113 cm³/mol. The summed E-state index contributed by atoms with van der Waals surface area (Å²) in [4.78, 5) is 31.3. The number of methoxy groups -OCH3 is 2. The Labute approximate surface area is 178 Å². The summed E-state index contributed by atoms with van der Waals surface area (Å²) >= 11 is 0. The molecule has 8 nitrogen and oxygen atoms in total. The van der Waals surface area contributed by atoms with E-state index in [9.17, 15) is 9.59 Å². The Morgan fingerprint density at radius 3 is 2.28 bits per heavy atom. The molecule has 9 heteroatoms. The lowest BCUT2D eigenvalue weighted by Crippen LogP contribution is -2.50. The lowest BCUT2D eigenvalue weighted by atomic mass is 10.1. The maximum Gasteiger partial charge on any atom is 0.257 e.